The van der Waals surface area contributed by atoms with Crippen LogP contribution in [0.1, 0.15) is 25.7 Å². The zero-order valence-electron chi connectivity index (χ0n) is 13.6. The van der Waals surface area contributed by atoms with Crippen molar-refractivity contribution >= 4 is 33.3 Å². The Morgan fingerprint density at radius 3 is 2.71 bits per heavy atom. The first kappa shape index (κ1) is 16.5. The second kappa shape index (κ2) is 7.96. The lowest BCUT2D eigenvalue weighted by atomic mass is 10.2. The van der Waals surface area contributed by atoms with E-state index in [1.807, 2.05) is 12.1 Å². The topological polar surface area (TPSA) is 79.4 Å². The highest BCUT2D eigenvalue weighted by molar-refractivity contribution is 7.19. The van der Waals surface area contributed by atoms with Crippen LogP contribution >= 0.6 is 11.3 Å². The number of anilines is 3. The molecule has 24 heavy (non-hydrogen) atoms. The van der Waals surface area contributed by atoms with Crippen molar-refractivity contribution in [3.05, 3.63) is 24.3 Å². The number of rotatable bonds is 4. The van der Waals surface area contributed by atoms with Crippen LogP contribution in [0.15, 0.2) is 24.3 Å². The molecule has 0 atom stereocenters. The number of aromatic nitrogens is 2. The number of benzene rings is 1. The fraction of sp³-hybridized carbons (Fsp3) is 0.438. The predicted octanol–water partition coefficient (Wildman–Crippen LogP) is 3.57. The first-order valence-electron chi connectivity index (χ1n) is 8.05. The Kier molecular flexibility index (Phi) is 5.47. The van der Waals surface area contributed by atoms with E-state index in [1.165, 1.54) is 37.0 Å². The molecule has 2 amide bonds. The van der Waals surface area contributed by atoms with Crippen LogP contribution in [-0.4, -0.2) is 36.4 Å². The highest BCUT2D eigenvalue weighted by atomic mass is 32.1. The number of ether oxygens (including phenoxy) is 1. The lowest BCUT2D eigenvalue weighted by Gasteiger charge is -2.17. The Labute approximate surface area is 145 Å². The number of methoxy groups -OCH3 is 1. The highest BCUT2D eigenvalue weighted by Crippen LogP contribution is 2.26. The molecule has 2 heterocycles. The van der Waals surface area contributed by atoms with Gasteiger partial charge in [0.05, 0.1) is 7.11 Å². The van der Waals surface area contributed by atoms with Crippen LogP contribution in [-0.2, 0) is 0 Å². The van der Waals surface area contributed by atoms with Gasteiger partial charge in [0.1, 0.15) is 5.75 Å². The molecule has 0 saturated carbocycles. The molecular formula is C16H21N5O2S. The molecule has 0 spiro atoms. The van der Waals surface area contributed by atoms with Gasteiger partial charge in [-0.3, -0.25) is 5.32 Å². The molecule has 1 fully saturated rings. The number of nitrogens with one attached hydrogen (secondary N) is 2. The van der Waals surface area contributed by atoms with Gasteiger partial charge < -0.3 is 15.0 Å². The average Bonchev–Trinajstić information content (AvgIpc) is 2.87. The molecule has 128 valence electrons. The van der Waals surface area contributed by atoms with Gasteiger partial charge in [-0.2, -0.15) is 0 Å². The summed E-state index contributed by atoms with van der Waals surface area (Å²) >= 11 is 1.40. The zero-order chi connectivity index (χ0) is 16.8. The molecule has 8 heteroatoms. The number of hydrogen-bond donors (Lipinski definition) is 2. The minimum atomic E-state index is -0.346. The van der Waals surface area contributed by atoms with Crippen LogP contribution in [0.25, 0.3) is 0 Å². The second-order valence-electron chi connectivity index (χ2n) is 5.60. The smallest absolute Gasteiger partial charge is 0.325 e. The van der Waals surface area contributed by atoms with Crippen molar-refractivity contribution < 1.29 is 9.53 Å². The van der Waals surface area contributed by atoms with E-state index < -0.39 is 0 Å². The van der Waals surface area contributed by atoms with Crippen LogP contribution in [0, 0.1) is 0 Å². The molecule has 1 saturated heterocycles. The highest BCUT2D eigenvalue weighted by Gasteiger charge is 2.15. The third-order valence-electron chi connectivity index (χ3n) is 3.84. The summed E-state index contributed by atoms with van der Waals surface area (Å²) in [4.78, 5) is 14.3. The van der Waals surface area contributed by atoms with Gasteiger partial charge in [0.25, 0.3) is 0 Å². The van der Waals surface area contributed by atoms with E-state index in [0.29, 0.717) is 16.6 Å². The van der Waals surface area contributed by atoms with Crippen LogP contribution in [0.2, 0.25) is 0 Å². The molecule has 0 radical (unpaired) electrons. The summed E-state index contributed by atoms with van der Waals surface area (Å²) in [5.41, 5.74) is 0.657. The average molecular weight is 347 g/mol. The molecule has 7 nitrogen and oxygen atoms in total. The Morgan fingerprint density at radius 2 is 1.96 bits per heavy atom. The van der Waals surface area contributed by atoms with Gasteiger partial charge in [-0.05, 0) is 25.0 Å². The summed E-state index contributed by atoms with van der Waals surface area (Å²) in [5, 5.41) is 15.1. The van der Waals surface area contributed by atoms with Crippen molar-refractivity contribution in [2.24, 2.45) is 0 Å². The van der Waals surface area contributed by atoms with Crippen LogP contribution in [0.3, 0.4) is 0 Å². The van der Waals surface area contributed by atoms with E-state index in [1.54, 1.807) is 19.2 Å². The lowest BCUT2D eigenvalue weighted by Crippen LogP contribution is -2.23. The maximum atomic E-state index is 12.1. The van der Waals surface area contributed by atoms with Crippen LogP contribution < -0.4 is 20.3 Å². The summed E-state index contributed by atoms with van der Waals surface area (Å²) in [7, 11) is 1.59. The molecule has 0 aliphatic carbocycles. The van der Waals surface area contributed by atoms with Crippen molar-refractivity contribution in [2.75, 3.05) is 35.7 Å². The van der Waals surface area contributed by atoms with E-state index in [2.05, 4.69) is 25.7 Å². The van der Waals surface area contributed by atoms with Crippen molar-refractivity contribution in [3.63, 3.8) is 0 Å². The maximum Gasteiger partial charge on any atom is 0.325 e. The number of nitrogens with zero attached hydrogens (tertiary/aromatic N) is 3. The molecule has 0 bridgehead atoms. The van der Waals surface area contributed by atoms with Crippen LogP contribution in [0.5, 0.6) is 5.75 Å². The predicted molar refractivity (Wildman–Crippen MR) is 96.2 cm³/mol. The molecule has 2 N–H and O–H groups in total. The van der Waals surface area contributed by atoms with E-state index in [-0.39, 0.29) is 6.03 Å². The van der Waals surface area contributed by atoms with E-state index in [4.69, 9.17) is 4.74 Å². The van der Waals surface area contributed by atoms with Gasteiger partial charge in [0.15, 0.2) is 0 Å². The Hall–Kier alpha value is -2.35. The van der Waals surface area contributed by atoms with Gasteiger partial charge in [-0.15, -0.1) is 10.2 Å². The molecule has 1 aliphatic rings. The zero-order valence-corrected chi connectivity index (χ0v) is 14.4. The Bertz CT molecular complexity index is 683. The van der Waals surface area contributed by atoms with E-state index >= 15 is 0 Å². The molecule has 1 aromatic heterocycles. The van der Waals surface area contributed by atoms with Gasteiger partial charge in [0.2, 0.25) is 10.3 Å². The maximum absolute atomic E-state index is 12.1. The van der Waals surface area contributed by atoms with Gasteiger partial charge >= 0.3 is 6.03 Å². The van der Waals surface area contributed by atoms with Crippen molar-refractivity contribution in [3.8, 4) is 5.75 Å². The lowest BCUT2D eigenvalue weighted by molar-refractivity contribution is 0.262. The van der Waals surface area contributed by atoms with Crippen molar-refractivity contribution in [1.82, 2.24) is 10.2 Å². The first-order chi connectivity index (χ1) is 11.7. The number of urea groups is 1. The van der Waals surface area contributed by atoms with Crippen molar-refractivity contribution in [2.45, 2.75) is 25.7 Å². The molecule has 3 rings (SSSR count). The Balaban J connectivity index is 1.58. The first-order valence-corrected chi connectivity index (χ1v) is 8.87. The van der Waals surface area contributed by atoms with Gasteiger partial charge in [-0.25, -0.2) is 4.79 Å². The fourth-order valence-electron chi connectivity index (χ4n) is 2.62. The largest absolute Gasteiger partial charge is 0.497 e. The van der Waals surface area contributed by atoms with E-state index in [9.17, 15) is 4.79 Å². The summed E-state index contributed by atoms with van der Waals surface area (Å²) in [6, 6.07) is 6.84. The fourth-order valence-corrected chi connectivity index (χ4v) is 3.41. The molecule has 1 aromatic carbocycles. The summed E-state index contributed by atoms with van der Waals surface area (Å²) in [6.45, 7) is 2.01. The summed E-state index contributed by atoms with van der Waals surface area (Å²) < 4.78 is 5.14. The quantitative estimate of drug-likeness (QED) is 0.884. The SMILES string of the molecule is COc1cccc(NC(=O)Nc2nnc(N3CCCCCC3)s2)c1. The monoisotopic (exact) mass is 347 g/mol. The number of hydrogen-bond acceptors (Lipinski definition) is 6. The number of amides is 2. The van der Waals surface area contributed by atoms with Gasteiger partial charge in [-0.1, -0.05) is 30.2 Å². The van der Waals surface area contributed by atoms with Crippen LogP contribution in [0.4, 0.5) is 20.7 Å². The summed E-state index contributed by atoms with van der Waals surface area (Å²) in [5.74, 6) is 0.687. The van der Waals surface area contributed by atoms with Crippen molar-refractivity contribution in [1.29, 1.82) is 0 Å². The number of carbonyl (C=O) groups is 1. The normalized spacial score (nSPS) is 14.8. The molecule has 1 aliphatic heterocycles. The Morgan fingerprint density at radius 1 is 1.17 bits per heavy atom. The minimum absolute atomic E-state index is 0.346. The molecule has 0 unspecified atom stereocenters. The molecular weight excluding hydrogens is 326 g/mol. The number of carbonyl (C=O) groups excluding carboxylic acids is 1. The van der Waals surface area contributed by atoms with E-state index in [0.717, 1.165) is 18.2 Å². The third kappa shape index (κ3) is 4.35. The molecule has 2 aromatic rings. The minimum Gasteiger partial charge on any atom is -0.497 e. The summed E-state index contributed by atoms with van der Waals surface area (Å²) in [6.07, 6.45) is 4.89. The second-order valence-corrected chi connectivity index (χ2v) is 6.56. The third-order valence-corrected chi connectivity index (χ3v) is 4.74. The standard InChI is InChI=1S/C16H21N5O2S/c1-23-13-8-6-7-12(11-13)17-14(22)18-15-19-20-16(24-15)21-9-4-2-3-5-10-21/h6-8,11H,2-5,9-10H2,1H3,(H2,17,18,19,22). The van der Waals surface area contributed by atoms with Gasteiger partial charge in [0, 0.05) is 24.8 Å².